The highest BCUT2D eigenvalue weighted by Gasteiger charge is 2.29. The number of sulfonamides is 1. The number of hydrogen-bond acceptors (Lipinski definition) is 7. The van der Waals surface area contributed by atoms with Gasteiger partial charge in [0.2, 0.25) is 5.91 Å². The van der Waals surface area contributed by atoms with Gasteiger partial charge < -0.3 is 15.5 Å². The zero-order valence-electron chi connectivity index (χ0n) is 18.7. The number of nitrogens with zero attached hydrogens (tertiary/aromatic N) is 2. The molecule has 2 fully saturated rings. The number of rotatable bonds is 8. The van der Waals surface area contributed by atoms with Crippen LogP contribution in [0.3, 0.4) is 0 Å². The first kappa shape index (κ1) is 25.3. The fourth-order valence-corrected chi connectivity index (χ4v) is 6.15. The average molecular weight is 494 g/mol. The summed E-state index contributed by atoms with van der Waals surface area (Å²) in [5.74, 6) is 1.02. The Morgan fingerprint density at radius 3 is 2.55 bits per heavy atom. The van der Waals surface area contributed by atoms with Crippen molar-refractivity contribution in [3.05, 3.63) is 29.8 Å². The molecule has 9 nitrogen and oxygen atoms in total. The molecule has 2 atom stereocenters. The quantitative estimate of drug-likeness (QED) is 0.507. The van der Waals surface area contributed by atoms with Crippen molar-refractivity contribution < 1.29 is 18.0 Å². The van der Waals surface area contributed by atoms with Crippen molar-refractivity contribution in [3.63, 3.8) is 0 Å². The monoisotopic (exact) mass is 493 g/mol. The summed E-state index contributed by atoms with van der Waals surface area (Å²) in [7, 11) is -3.98. The number of thioether (sulfide) groups is 1. The second kappa shape index (κ2) is 11.7. The van der Waals surface area contributed by atoms with Crippen molar-refractivity contribution in [2.75, 3.05) is 18.2 Å². The van der Waals surface area contributed by atoms with E-state index in [1.807, 2.05) is 6.92 Å². The van der Waals surface area contributed by atoms with Gasteiger partial charge in [0.15, 0.2) is 0 Å². The highest BCUT2D eigenvalue weighted by Crippen LogP contribution is 2.22. The molecule has 11 heteroatoms. The molecule has 1 aliphatic heterocycles. The van der Waals surface area contributed by atoms with Gasteiger partial charge in [0, 0.05) is 17.8 Å². The van der Waals surface area contributed by atoms with Crippen molar-refractivity contribution in [1.29, 1.82) is 5.26 Å². The molecule has 1 aliphatic carbocycles. The molecule has 1 saturated heterocycles. The second-order valence-corrected chi connectivity index (χ2v) is 11.0. The van der Waals surface area contributed by atoms with E-state index in [0.717, 1.165) is 37.7 Å². The average Bonchev–Trinajstić information content (AvgIpc) is 3.29. The van der Waals surface area contributed by atoms with Crippen LogP contribution in [0.4, 0.5) is 4.79 Å². The lowest BCUT2D eigenvalue weighted by atomic mass is 9.96. The van der Waals surface area contributed by atoms with E-state index in [0.29, 0.717) is 18.1 Å². The van der Waals surface area contributed by atoms with Gasteiger partial charge in [-0.15, -0.1) is 11.8 Å². The lowest BCUT2D eigenvalue weighted by Gasteiger charge is -2.23. The Hall–Kier alpha value is -2.29. The molecule has 0 spiro atoms. The van der Waals surface area contributed by atoms with E-state index in [1.54, 1.807) is 28.8 Å². The number of carbonyl (C=O) groups is 2. The molecule has 1 aromatic carbocycles. The highest BCUT2D eigenvalue weighted by atomic mass is 32.2. The molecule has 1 aromatic rings. The molecule has 3 amide bonds. The van der Waals surface area contributed by atoms with Gasteiger partial charge >= 0.3 is 6.03 Å². The molecule has 0 radical (unpaired) electrons. The third-order valence-electron chi connectivity index (χ3n) is 6.02. The summed E-state index contributed by atoms with van der Waals surface area (Å²) in [6.45, 7) is 2.06. The largest absolute Gasteiger partial charge is 0.335 e. The maximum atomic E-state index is 12.6. The van der Waals surface area contributed by atoms with Gasteiger partial charge in [-0.1, -0.05) is 38.3 Å². The van der Waals surface area contributed by atoms with Gasteiger partial charge in [-0.2, -0.15) is 5.26 Å². The van der Waals surface area contributed by atoms with E-state index in [4.69, 9.17) is 5.26 Å². The number of benzene rings is 1. The maximum Gasteiger partial charge on any atom is 0.328 e. The Morgan fingerprint density at radius 2 is 1.91 bits per heavy atom. The normalized spacial score (nSPS) is 20.1. The molecule has 0 aromatic heterocycles. The molecule has 1 heterocycles. The van der Waals surface area contributed by atoms with Crippen molar-refractivity contribution in [1.82, 2.24) is 20.3 Å². The summed E-state index contributed by atoms with van der Waals surface area (Å²) in [4.78, 5) is 26.2. The van der Waals surface area contributed by atoms with Crippen LogP contribution in [0.25, 0.3) is 0 Å². The van der Waals surface area contributed by atoms with Crippen molar-refractivity contribution in [2.45, 2.75) is 68.5 Å². The van der Waals surface area contributed by atoms with Gasteiger partial charge in [-0.3, -0.25) is 4.79 Å². The number of amides is 3. The van der Waals surface area contributed by atoms with Gasteiger partial charge in [-0.05, 0) is 37.0 Å². The van der Waals surface area contributed by atoms with Crippen LogP contribution in [-0.2, 0) is 14.8 Å². The summed E-state index contributed by atoms with van der Waals surface area (Å²) in [6.07, 6.45) is 5.63. The molecule has 33 heavy (non-hydrogen) atoms. The Kier molecular flexibility index (Phi) is 9.00. The molecule has 3 rings (SSSR count). The van der Waals surface area contributed by atoms with Crippen molar-refractivity contribution in [2.24, 2.45) is 0 Å². The molecule has 180 valence electrons. The predicted molar refractivity (Wildman–Crippen MR) is 127 cm³/mol. The van der Waals surface area contributed by atoms with Gasteiger partial charge in [0.05, 0.1) is 23.4 Å². The third-order valence-corrected chi connectivity index (χ3v) is 8.38. The second-order valence-electron chi connectivity index (χ2n) is 8.33. The number of urea groups is 1. The van der Waals surface area contributed by atoms with E-state index in [9.17, 15) is 18.0 Å². The van der Waals surface area contributed by atoms with Crippen LogP contribution in [-0.4, -0.2) is 55.5 Å². The zero-order valence-corrected chi connectivity index (χ0v) is 20.4. The molecular weight excluding hydrogens is 462 g/mol. The first-order valence-electron chi connectivity index (χ1n) is 11.3. The smallest absolute Gasteiger partial charge is 0.328 e. The number of carbonyl (C=O) groups excluding carboxylic acids is 2. The van der Waals surface area contributed by atoms with E-state index in [-0.39, 0.29) is 29.4 Å². The molecular formula is C22H31N5O4S2. The zero-order chi connectivity index (χ0) is 23.8. The van der Waals surface area contributed by atoms with E-state index in [1.165, 1.54) is 12.1 Å². The number of hydrogen-bond donors (Lipinski definition) is 3. The first-order chi connectivity index (χ1) is 15.8. The predicted octanol–water partition coefficient (Wildman–Crippen LogP) is 2.47. The van der Waals surface area contributed by atoms with Crippen molar-refractivity contribution >= 4 is 33.7 Å². The Morgan fingerprint density at radius 1 is 1.21 bits per heavy atom. The summed E-state index contributed by atoms with van der Waals surface area (Å²) in [6, 6.07) is 7.21. The lowest BCUT2D eigenvalue weighted by molar-refractivity contribution is -0.129. The van der Waals surface area contributed by atoms with Crippen LogP contribution in [0.2, 0.25) is 0 Å². The van der Waals surface area contributed by atoms with Gasteiger partial charge in [0.25, 0.3) is 10.0 Å². The van der Waals surface area contributed by atoms with Gasteiger partial charge in [0.1, 0.15) is 6.04 Å². The number of nitriles is 1. The van der Waals surface area contributed by atoms with Crippen LogP contribution in [0.15, 0.2) is 29.2 Å². The molecule has 0 bridgehead atoms. The summed E-state index contributed by atoms with van der Waals surface area (Å²) >= 11 is 1.56. The molecule has 1 saturated carbocycles. The minimum absolute atomic E-state index is 0.00178. The molecule has 1 unspecified atom stereocenters. The Balaban J connectivity index is 1.56. The van der Waals surface area contributed by atoms with Crippen molar-refractivity contribution in [3.8, 4) is 6.07 Å². The molecule has 2 aliphatic rings. The van der Waals surface area contributed by atoms with Crippen LogP contribution < -0.4 is 15.4 Å². The number of nitrogens with one attached hydrogen (secondary N) is 3. The Bertz CT molecular complexity index is 971. The lowest BCUT2D eigenvalue weighted by Crippen LogP contribution is -2.45. The van der Waals surface area contributed by atoms with Crippen LogP contribution in [0.5, 0.6) is 0 Å². The topological polar surface area (TPSA) is 131 Å². The van der Waals surface area contributed by atoms with Crippen LogP contribution in [0, 0.1) is 11.3 Å². The fraction of sp³-hybridized carbons (Fsp3) is 0.591. The standard InChI is InChI=1S/C22H31N5O4S2/c1-2-20(24-13-21(28)27-15-32-14-18(27)12-23)16-8-10-19(11-9-16)33(30,31)26-22(29)25-17-6-4-3-5-7-17/h8-11,17-18,20,24H,2-7,13-15H2,1H3,(H2,25,26,29)/t18-,20?/m1/s1. The summed E-state index contributed by atoms with van der Waals surface area (Å²) in [5, 5.41) is 15.1. The minimum atomic E-state index is -3.98. The first-order valence-corrected chi connectivity index (χ1v) is 13.9. The molecule has 3 N–H and O–H groups in total. The SMILES string of the molecule is CCC(NCC(=O)N1CSC[C@H]1C#N)c1ccc(S(=O)(=O)NC(=O)NC2CCCCC2)cc1. The maximum absolute atomic E-state index is 12.6. The van der Waals surface area contributed by atoms with E-state index in [2.05, 4.69) is 21.4 Å². The van der Waals surface area contributed by atoms with Crippen LogP contribution in [0.1, 0.15) is 57.1 Å². The van der Waals surface area contributed by atoms with Gasteiger partial charge in [-0.25, -0.2) is 17.9 Å². The highest BCUT2D eigenvalue weighted by molar-refractivity contribution is 7.99. The third kappa shape index (κ3) is 6.85. The minimum Gasteiger partial charge on any atom is -0.335 e. The van der Waals surface area contributed by atoms with Crippen LogP contribution >= 0.6 is 11.8 Å². The van der Waals surface area contributed by atoms with E-state index < -0.39 is 22.1 Å². The summed E-state index contributed by atoms with van der Waals surface area (Å²) in [5.41, 5.74) is 0.837. The van der Waals surface area contributed by atoms with E-state index >= 15 is 0 Å². The summed E-state index contributed by atoms with van der Waals surface area (Å²) < 4.78 is 27.3. The Labute approximate surface area is 199 Å². The fourth-order valence-electron chi connectivity index (χ4n) is 4.13.